The van der Waals surface area contributed by atoms with Crippen molar-refractivity contribution in [1.29, 1.82) is 0 Å². The molecule has 3 rings (SSSR count). The van der Waals surface area contributed by atoms with Gasteiger partial charge in [0.15, 0.2) is 0 Å². The second-order valence-corrected chi connectivity index (χ2v) is 7.88. The summed E-state index contributed by atoms with van der Waals surface area (Å²) in [7, 11) is 1.85. The van der Waals surface area contributed by atoms with Gasteiger partial charge in [0, 0.05) is 46.4 Å². The average Bonchev–Trinajstić information content (AvgIpc) is 2.95. The van der Waals surface area contributed by atoms with Crippen LogP contribution in [0.3, 0.4) is 0 Å². The van der Waals surface area contributed by atoms with Crippen LogP contribution in [0.5, 0.6) is 0 Å². The van der Waals surface area contributed by atoms with Crippen LogP contribution >= 0.6 is 0 Å². The standard InChI is InChI=1S/C21H34N2O2/c1-21(24-2)10-6-12-22(14-11-21)17-20-18-23(13-7-15-25-20)16-19-8-4-3-5-9-19/h3-5,8-9,20H,6-7,10-18H2,1-2H3/t20-,21+/m1/s1. The minimum absolute atomic E-state index is 0.0540. The second kappa shape index (κ2) is 9.13. The van der Waals surface area contributed by atoms with Crippen molar-refractivity contribution in [2.24, 2.45) is 0 Å². The summed E-state index contributed by atoms with van der Waals surface area (Å²) < 4.78 is 11.9. The smallest absolute Gasteiger partial charge is 0.0828 e. The SMILES string of the molecule is CO[C@@]1(C)CCCN(C[C@@H]2CN(Cc3ccccc3)CCCO2)CC1. The maximum Gasteiger partial charge on any atom is 0.0828 e. The summed E-state index contributed by atoms with van der Waals surface area (Å²) in [6.45, 7) is 9.66. The molecule has 0 bridgehead atoms. The van der Waals surface area contributed by atoms with Crippen molar-refractivity contribution < 1.29 is 9.47 Å². The zero-order valence-corrected chi connectivity index (χ0v) is 16.0. The number of hydrogen-bond donors (Lipinski definition) is 0. The molecule has 2 fully saturated rings. The molecule has 25 heavy (non-hydrogen) atoms. The summed E-state index contributed by atoms with van der Waals surface area (Å²) in [5.41, 5.74) is 1.45. The summed E-state index contributed by atoms with van der Waals surface area (Å²) >= 11 is 0. The van der Waals surface area contributed by atoms with E-state index in [1.165, 1.54) is 12.0 Å². The van der Waals surface area contributed by atoms with E-state index in [1.54, 1.807) is 0 Å². The van der Waals surface area contributed by atoms with Gasteiger partial charge in [0.1, 0.15) is 0 Å². The van der Waals surface area contributed by atoms with Gasteiger partial charge in [-0.25, -0.2) is 0 Å². The van der Waals surface area contributed by atoms with Crippen molar-refractivity contribution in [2.45, 2.75) is 50.9 Å². The monoisotopic (exact) mass is 346 g/mol. The molecule has 0 amide bonds. The fourth-order valence-corrected chi connectivity index (χ4v) is 4.05. The fraction of sp³-hybridized carbons (Fsp3) is 0.714. The molecule has 2 saturated heterocycles. The molecule has 2 aliphatic rings. The molecule has 2 aliphatic heterocycles. The van der Waals surface area contributed by atoms with Crippen molar-refractivity contribution in [1.82, 2.24) is 9.80 Å². The molecule has 2 heterocycles. The van der Waals surface area contributed by atoms with E-state index >= 15 is 0 Å². The van der Waals surface area contributed by atoms with Crippen LogP contribution in [0.2, 0.25) is 0 Å². The molecule has 0 spiro atoms. The zero-order valence-electron chi connectivity index (χ0n) is 16.0. The molecule has 1 aromatic carbocycles. The number of methoxy groups -OCH3 is 1. The van der Waals surface area contributed by atoms with Crippen LogP contribution in [0, 0.1) is 0 Å². The highest BCUT2D eigenvalue weighted by molar-refractivity contribution is 5.14. The molecule has 0 saturated carbocycles. The van der Waals surface area contributed by atoms with Crippen LogP contribution in [0.4, 0.5) is 0 Å². The number of benzene rings is 1. The summed E-state index contributed by atoms with van der Waals surface area (Å²) in [6.07, 6.45) is 4.93. The first kappa shape index (κ1) is 18.8. The average molecular weight is 347 g/mol. The number of nitrogens with zero attached hydrogens (tertiary/aromatic N) is 2. The maximum atomic E-state index is 6.18. The van der Waals surface area contributed by atoms with Crippen LogP contribution in [-0.2, 0) is 16.0 Å². The van der Waals surface area contributed by atoms with Crippen LogP contribution in [0.1, 0.15) is 38.2 Å². The lowest BCUT2D eigenvalue weighted by molar-refractivity contribution is -0.00881. The summed E-state index contributed by atoms with van der Waals surface area (Å²) in [5, 5.41) is 0. The van der Waals surface area contributed by atoms with E-state index in [0.717, 1.165) is 65.1 Å². The minimum Gasteiger partial charge on any atom is -0.378 e. The van der Waals surface area contributed by atoms with Crippen molar-refractivity contribution in [3.63, 3.8) is 0 Å². The Hall–Kier alpha value is -0.940. The summed E-state index contributed by atoms with van der Waals surface area (Å²) in [5.74, 6) is 0. The molecule has 0 aliphatic carbocycles. The van der Waals surface area contributed by atoms with E-state index in [0.29, 0.717) is 6.10 Å². The Bertz CT molecular complexity index is 510. The van der Waals surface area contributed by atoms with Gasteiger partial charge < -0.3 is 14.4 Å². The van der Waals surface area contributed by atoms with E-state index in [4.69, 9.17) is 9.47 Å². The number of hydrogen-bond acceptors (Lipinski definition) is 4. The van der Waals surface area contributed by atoms with E-state index in [1.807, 2.05) is 7.11 Å². The van der Waals surface area contributed by atoms with E-state index in [9.17, 15) is 0 Å². The van der Waals surface area contributed by atoms with Gasteiger partial charge in [-0.15, -0.1) is 0 Å². The van der Waals surface area contributed by atoms with Crippen LogP contribution < -0.4 is 0 Å². The van der Waals surface area contributed by atoms with Gasteiger partial charge in [-0.05, 0) is 44.7 Å². The molecule has 0 aromatic heterocycles. The molecule has 4 heteroatoms. The van der Waals surface area contributed by atoms with Gasteiger partial charge in [-0.3, -0.25) is 4.90 Å². The first-order chi connectivity index (χ1) is 12.2. The Morgan fingerprint density at radius 2 is 1.88 bits per heavy atom. The maximum absolute atomic E-state index is 6.18. The molecule has 4 nitrogen and oxygen atoms in total. The first-order valence-corrected chi connectivity index (χ1v) is 9.82. The molecule has 140 valence electrons. The molecular weight excluding hydrogens is 312 g/mol. The van der Waals surface area contributed by atoms with E-state index in [2.05, 4.69) is 47.1 Å². The molecule has 2 atom stereocenters. The fourth-order valence-electron chi connectivity index (χ4n) is 4.05. The van der Waals surface area contributed by atoms with Crippen LogP contribution in [-0.4, -0.2) is 67.9 Å². The van der Waals surface area contributed by atoms with Gasteiger partial charge in [-0.1, -0.05) is 30.3 Å². The van der Waals surface area contributed by atoms with Crippen molar-refractivity contribution >= 4 is 0 Å². The Morgan fingerprint density at radius 1 is 1.08 bits per heavy atom. The highest BCUT2D eigenvalue weighted by atomic mass is 16.5. The van der Waals surface area contributed by atoms with Crippen molar-refractivity contribution in [2.75, 3.05) is 46.4 Å². The van der Waals surface area contributed by atoms with Gasteiger partial charge in [0.25, 0.3) is 0 Å². The molecular formula is C21H34N2O2. The molecule has 0 unspecified atom stereocenters. The predicted octanol–water partition coefficient (Wildman–Crippen LogP) is 3.17. The van der Waals surface area contributed by atoms with Crippen LogP contribution in [0.25, 0.3) is 0 Å². The van der Waals surface area contributed by atoms with E-state index < -0.39 is 0 Å². The number of ether oxygens (including phenoxy) is 2. The highest BCUT2D eigenvalue weighted by Crippen LogP contribution is 2.25. The van der Waals surface area contributed by atoms with Gasteiger partial charge >= 0.3 is 0 Å². The molecule has 0 radical (unpaired) electrons. The minimum atomic E-state index is 0.0540. The Labute approximate surface area is 153 Å². The zero-order chi connectivity index (χ0) is 17.5. The van der Waals surface area contributed by atoms with Gasteiger partial charge in [0.05, 0.1) is 11.7 Å². The third-order valence-corrected chi connectivity index (χ3v) is 5.77. The quantitative estimate of drug-likeness (QED) is 0.818. The van der Waals surface area contributed by atoms with Gasteiger partial charge in [0.2, 0.25) is 0 Å². The predicted molar refractivity (Wildman–Crippen MR) is 102 cm³/mol. The lowest BCUT2D eigenvalue weighted by Crippen LogP contribution is -2.41. The lowest BCUT2D eigenvalue weighted by atomic mass is 9.97. The largest absolute Gasteiger partial charge is 0.378 e. The number of likely N-dealkylation sites (tertiary alicyclic amines) is 1. The second-order valence-electron chi connectivity index (χ2n) is 7.88. The third kappa shape index (κ3) is 5.78. The first-order valence-electron chi connectivity index (χ1n) is 9.82. The topological polar surface area (TPSA) is 24.9 Å². The van der Waals surface area contributed by atoms with Gasteiger partial charge in [-0.2, -0.15) is 0 Å². The van der Waals surface area contributed by atoms with Crippen molar-refractivity contribution in [3.05, 3.63) is 35.9 Å². The molecule has 1 aromatic rings. The Balaban J connectivity index is 1.52. The number of rotatable bonds is 5. The molecule has 0 N–H and O–H groups in total. The van der Waals surface area contributed by atoms with E-state index in [-0.39, 0.29) is 5.60 Å². The van der Waals surface area contributed by atoms with Crippen molar-refractivity contribution in [3.8, 4) is 0 Å². The lowest BCUT2D eigenvalue weighted by Gasteiger charge is -2.29. The van der Waals surface area contributed by atoms with Crippen LogP contribution in [0.15, 0.2) is 30.3 Å². The Kier molecular flexibility index (Phi) is 6.88. The Morgan fingerprint density at radius 3 is 2.68 bits per heavy atom. The highest BCUT2D eigenvalue weighted by Gasteiger charge is 2.29. The summed E-state index contributed by atoms with van der Waals surface area (Å²) in [6, 6.07) is 10.8. The normalized spacial score (nSPS) is 29.9. The third-order valence-electron chi connectivity index (χ3n) is 5.77. The summed E-state index contributed by atoms with van der Waals surface area (Å²) in [4.78, 5) is 5.14.